The smallest absolute Gasteiger partial charge is 0.0622 e. The van der Waals surface area contributed by atoms with Gasteiger partial charge < -0.3 is 0 Å². The van der Waals surface area contributed by atoms with Crippen molar-refractivity contribution in [3.8, 4) is 0 Å². The van der Waals surface area contributed by atoms with Gasteiger partial charge in [0, 0.05) is 0 Å². The summed E-state index contributed by atoms with van der Waals surface area (Å²) in [6.45, 7) is 18.9. The summed E-state index contributed by atoms with van der Waals surface area (Å²) in [7, 11) is 0. The van der Waals surface area contributed by atoms with Crippen LogP contribution >= 0.6 is 0 Å². The van der Waals surface area contributed by atoms with Crippen LogP contribution in [0.5, 0.6) is 0 Å². The first-order valence-corrected chi connectivity index (χ1v) is 12.8. The van der Waals surface area contributed by atoms with E-state index in [0.717, 1.165) is 45.8 Å². The van der Waals surface area contributed by atoms with Crippen LogP contribution in [0.4, 0.5) is 0 Å². The van der Waals surface area contributed by atoms with Gasteiger partial charge in [-0.15, -0.1) is 0 Å². The molecule has 2 N–H and O–H groups in total. The molecule has 149 valence electrons. The molecule has 0 saturated carbocycles. The van der Waals surface area contributed by atoms with Crippen LogP contribution in [-0.2, 0) is 11.2 Å². The third-order valence-corrected chi connectivity index (χ3v) is 4.90. The molecule has 0 unspecified atom stereocenters. The molecule has 0 aliphatic carbocycles. The Bertz CT molecular complexity index is 435. The summed E-state index contributed by atoms with van der Waals surface area (Å²) in [5.74, 6) is 0. The molecule has 0 fully saturated rings. The summed E-state index contributed by atoms with van der Waals surface area (Å²) in [6, 6.07) is 10.6. The predicted octanol–water partition coefficient (Wildman–Crippen LogP) is 4.09. The number of ether oxygens (including phenoxy) is 1. The first kappa shape index (κ1) is 26.0. The molecular formula is C22H41N2OPb. The van der Waals surface area contributed by atoms with Gasteiger partial charge in [0.15, 0.2) is 0 Å². The first-order chi connectivity index (χ1) is 12.3. The molecule has 4 heteroatoms. The molecule has 0 aromatic heterocycles. The Morgan fingerprint density at radius 3 is 1.85 bits per heavy atom. The molecule has 0 bridgehead atoms. The van der Waals surface area contributed by atoms with Gasteiger partial charge in [-0.3, -0.25) is 0 Å². The van der Waals surface area contributed by atoms with Crippen molar-refractivity contribution in [2.45, 2.75) is 51.9 Å². The van der Waals surface area contributed by atoms with Crippen molar-refractivity contribution >= 4 is 25.8 Å². The SMILES string of the molecule is CC.CC(C)(CNC[CH2][Pb])COCC(C)(C)CNCCc1ccccc1. The zero-order valence-electron chi connectivity index (χ0n) is 18.0. The summed E-state index contributed by atoms with van der Waals surface area (Å²) < 4.78 is 7.36. The molecular weight excluding hydrogens is 515 g/mol. The fourth-order valence-corrected chi connectivity index (χ4v) is 3.21. The Hall–Kier alpha value is 0.0221. The second-order valence-corrected chi connectivity index (χ2v) is 10.1. The average molecular weight is 557 g/mol. The van der Waals surface area contributed by atoms with Crippen molar-refractivity contribution < 1.29 is 4.74 Å². The van der Waals surface area contributed by atoms with Gasteiger partial charge in [0.1, 0.15) is 0 Å². The van der Waals surface area contributed by atoms with E-state index >= 15 is 0 Å². The minimum atomic E-state index is 0.162. The Morgan fingerprint density at radius 1 is 0.846 bits per heavy atom. The quantitative estimate of drug-likeness (QED) is 0.284. The van der Waals surface area contributed by atoms with E-state index in [1.165, 1.54) is 35.3 Å². The van der Waals surface area contributed by atoms with Crippen LogP contribution in [0.3, 0.4) is 0 Å². The monoisotopic (exact) mass is 557 g/mol. The minimum Gasteiger partial charge on any atom is -0.0622 e. The third-order valence-electron chi connectivity index (χ3n) is 3.93. The number of hydrogen-bond donors (Lipinski definition) is 2. The second-order valence-electron chi connectivity index (χ2n) is 8.16. The Labute approximate surface area is 178 Å². The molecule has 26 heavy (non-hydrogen) atoms. The molecule has 1 rings (SSSR count). The molecule has 0 saturated heterocycles. The Morgan fingerprint density at radius 2 is 1.35 bits per heavy atom. The topological polar surface area (TPSA) is 33.3 Å². The summed E-state index contributed by atoms with van der Waals surface area (Å²) in [5.41, 5.74) is 1.76. The van der Waals surface area contributed by atoms with Crippen LogP contribution in [-0.4, -0.2) is 65.2 Å². The van der Waals surface area contributed by atoms with Gasteiger partial charge >= 0.3 is 123 Å². The summed E-state index contributed by atoms with van der Waals surface area (Å²) in [6.07, 6.45) is 1.08. The van der Waals surface area contributed by atoms with Crippen molar-refractivity contribution in [1.29, 1.82) is 0 Å². The average Bonchev–Trinajstić information content (AvgIpc) is 2.61. The van der Waals surface area contributed by atoms with Gasteiger partial charge in [0.25, 0.3) is 0 Å². The fraction of sp³-hybridized carbons (Fsp3) is 0.727. The molecule has 1 aromatic rings. The van der Waals surface area contributed by atoms with E-state index in [1.54, 1.807) is 0 Å². The van der Waals surface area contributed by atoms with Crippen LogP contribution in [0.2, 0.25) is 3.98 Å². The zero-order chi connectivity index (χ0) is 19.9. The van der Waals surface area contributed by atoms with E-state index in [4.69, 9.17) is 4.74 Å². The number of hydrogen-bond acceptors (Lipinski definition) is 3. The van der Waals surface area contributed by atoms with E-state index < -0.39 is 0 Å². The van der Waals surface area contributed by atoms with E-state index in [2.05, 4.69) is 68.7 Å². The molecule has 0 heterocycles. The molecule has 3 radical (unpaired) electrons. The van der Waals surface area contributed by atoms with Crippen molar-refractivity contribution in [1.82, 2.24) is 10.6 Å². The van der Waals surface area contributed by atoms with E-state index in [1.807, 2.05) is 13.8 Å². The minimum absolute atomic E-state index is 0.162. The standard InChI is InChI=1S/C20H35N2O.C2H6.Pb/c1-6-21-14-19(2,3)16-23-17-20(4,5)15-22-13-12-18-10-8-7-9-11-18;1-2;/h7-11,21-22H,1,6,12-17H2,2-5H3;1-2H3;. The summed E-state index contributed by atoms with van der Waals surface area (Å²) in [4.78, 5) is 0. The first-order valence-electron chi connectivity index (χ1n) is 10.0. The zero-order valence-corrected chi connectivity index (χ0v) is 21.8. The number of nitrogens with one attached hydrogen (secondary N) is 2. The van der Waals surface area contributed by atoms with Gasteiger partial charge in [-0.2, -0.15) is 0 Å². The van der Waals surface area contributed by atoms with E-state index in [-0.39, 0.29) is 10.8 Å². The van der Waals surface area contributed by atoms with Gasteiger partial charge in [0.2, 0.25) is 0 Å². The number of rotatable bonds is 13. The fourth-order valence-electron chi connectivity index (χ4n) is 2.53. The van der Waals surface area contributed by atoms with Crippen LogP contribution in [0.1, 0.15) is 47.1 Å². The number of benzene rings is 1. The Kier molecular flexibility index (Phi) is 15.0. The maximum atomic E-state index is 6.04. The van der Waals surface area contributed by atoms with Crippen LogP contribution < -0.4 is 10.6 Å². The van der Waals surface area contributed by atoms with Gasteiger partial charge in [-0.05, 0) is 12.0 Å². The maximum absolute atomic E-state index is 6.04. The molecule has 0 atom stereocenters. The van der Waals surface area contributed by atoms with Crippen molar-refractivity contribution in [2.24, 2.45) is 10.8 Å². The molecule has 0 aliphatic heterocycles. The van der Waals surface area contributed by atoms with E-state index in [9.17, 15) is 0 Å². The van der Waals surface area contributed by atoms with Crippen LogP contribution in [0, 0.1) is 10.8 Å². The van der Waals surface area contributed by atoms with Crippen LogP contribution in [0.15, 0.2) is 30.3 Å². The molecule has 0 spiro atoms. The van der Waals surface area contributed by atoms with Crippen LogP contribution in [0.25, 0.3) is 0 Å². The summed E-state index contributed by atoms with van der Waals surface area (Å²) >= 11 is 1.28. The molecule has 0 aliphatic rings. The molecule has 3 nitrogen and oxygen atoms in total. The van der Waals surface area contributed by atoms with E-state index in [0.29, 0.717) is 0 Å². The molecule has 0 amide bonds. The van der Waals surface area contributed by atoms with Gasteiger partial charge in [-0.25, -0.2) is 0 Å². The second kappa shape index (κ2) is 15.0. The summed E-state index contributed by atoms with van der Waals surface area (Å²) in [5, 5.41) is 7.10. The van der Waals surface area contributed by atoms with Gasteiger partial charge in [0.05, 0.1) is 0 Å². The van der Waals surface area contributed by atoms with Gasteiger partial charge in [-0.1, -0.05) is 44.2 Å². The Balaban J connectivity index is 0.00000301. The predicted molar refractivity (Wildman–Crippen MR) is 116 cm³/mol. The van der Waals surface area contributed by atoms with Crippen molar-refractivity contribution in [3.05, 3.63) is 35.9 Å². The van der Waals surface area contributed by atoms with Crippen molar-refractivity contribution in [3.63, 3.8) is 0 Å². The molecule has 1 aromatic carbocycles. The normalized spacial score (nSPS) is 11.8. The van der Waals surface area contributed by atoms with Crippen molar-refractivity contribution in [2.75, 3.05) is 39.4 Å². The third kappa shape index (κ3) is 14.1.